The summed E-state index contributed by atoms with van der Waals surface area (Å²) >= 11 is 0. The lowest BCUT2D eigenvalue weighted by molar-refractivity contribution is -0.118. The molecule has 0 aliphatic heterocycles. The standard InChI is InChI=1S/C15H12N2O5/c1-9-6-13(17-22-9)16-14(18)8-20-11-4-2-10-3-5-15(19)21-12(10)7-11/h2-7H,8H2,1H3,(H,16,17,18). The molecule has 0 fully saturated rings. The molecule has 3 rings (SSSR count). The molecule has 112 valence electrons. The van der Waals surface area contributed by atoms with Crippen molar-refractivity contribution >= 4 is 22.7 Å². The molecule has 0 radical (unpaired) electrons. The Kier molecular flexibility index (Phi) is 3.61. The molecule has 2 heterocycles. The van der Waals surface area contributed by atoms with E-state index in [1.54, 1.807) is 37.3 Å². The number of fused-ring (bicyclic) bond motifs is 1. The first-order valence-corrected chi connectivity index (χ1v) is 6.50. The topological polar surface area (TPSA) is 94.6 Å². The number of nitrogens with one attached hydrogen (secondary N) is 1. The van der Waals surface area contributed by atoms with Crippen LogP contribution in [0.3, 0.4) is 0 Å². The second-order valence-electron chi connectivity index (χ2n) is 4.61. The predicted octanol–water partition coefficient (Wildman–Crippen LogP) is 2.11. The van der Waals surface area contributed by atoms with Gasteiger partial charge < -0.3 is 19.0 Å². The van der Waals surface area contributed by atoms with Crippen molar-refractivity contribution in [2.24, 2.45) is 0 Å². The molecule has 0 saturated heterocycles. The average Bonchev–Trinajstić information content (AvgIpc) is 2.89. The molecular weight excluding hydrogens is 288 g/mol. The molecular formula is C15H12N2O5. The Balaban J connectivity index is 1.65. The molecule has 3 aromatic rings. The summed E-state index contributed by atoms with van der Waals surface area (Å²) in [6.07, 6.45) is 0. The normalized spacial score (nSPS) is 10.6. The van der Waals surface area contributed by atoms with Gasteiger partial charge in [-0.3, -0.25) is 4.79 Å². The van der Waals surface area contributed by atoms with Crippen LogP contribution in [0.1, 0.15) is 5.76 Å². The highest BCUT2D eigenvalue weighted by molar-refractivity contribution is 5.91. The fraction of sp³-hybridized carbons (Fsp3) is 0.133. The van der Waals surface area contributed by atoms with Gasteiger partial charge in [-0.25, -0.2) is 4.79 Å². The lowest BCUT2D eigenvalue weighted by Crippen LogP contribution is -2.20. The molecule has 7 nitrogen and oxygen atoms in total. The number of nitrogens with zero attached hydrogens (tertiary/aromatic N) is 1. The van der Waals surface area contributed by atoms with E-state index in [1.165, 1.54) is 6.07 Å². The van der Waals surface area contributed by atoms with Gasteiger partial charge in [0.2, 0.25) is 0 Å². The first kappa shape index (κ1) is 13.9. The van der Waals surface area contributed by atoms with Crippen molar-refractivity contribution in [1.82, 2.24) is 5.16 Å². The van der Waals surface area contributed by atoms with E-state index >= 15 is 0 Å². The molecule has 2 aromatic heterocycles. The maximum absolute atomic E-state index is 11.7. The van der Waals surface area contributed by atoms with Crippen molar-refractivity contribution in [1.29, 1.82) is 0 Å². The summed E-state index contributed by atoms with van der Waals surface area (Å²) in [6.45, 7) is 1.52. The summed E-state index contributed by atoms with van der Waals surface area (Å²) in [5.74, 6) is 0.979. The van der Waals surface area contributed by atoms with E-state index in [0.29, 0.717) is 22.9 Å². The number of carbonyl (C=O) groups is 1. The molecule has 7 heteroatoms. The zero-order valence-corrected chi connectivity index (χ0v) is 11.7. The molecule has 0 atom stereocenters. The summed E-state index contributed by atoms with van der Waals surface area (Å²) in [5.41, 5.74) is -0.0404. The largest absolute Gasteiger partial charge is 0.484 e. The van der Waals surface area contributed by atoms with E-state index in [2.05, 4.69) is 10.5 Å². The van der Waals surface area contributed by atoms with Crippen molar-refractivity contribution in [2.45, 2.75) is 6.92 Å². The second-order valence-corrected chi connectivity index (χ2v) is 4.61. The number of carbonyl (C=O) groups excluding carboxylic acids is 1. The van der Waals surface area contributed by atoms with E-state index < -0.39 is 5.63 Å². The Labute approximate surface area is 124 Å². The van der Waals surface area contributed by atoms with Crippen LogP contribution >= 0.6 is 0 Å². The van der Waals surface area contributed by atoms with Gasteiger partial charge in [-0.15, -0.1) is 0 Å². The number of hydrogen-bond donors (Lipinski definition) is 1. The number of anilines is 1. The summed E-state index contributed by atoms with van der Waals surface area (Å²) in [6, 6.07) is 9.59. The van der Waals surface area contributed by atoms with E-state index in [4.69, 9.17) is 13.7 Å². The Hall–Kier alpha value is -3.09. The van der Waals surface area contributed by atoms with Crippen molar-refractivity contribution in [3.05, 3.63) is 52.6 Å². The molecule has 0 aliphatic carbocycles. The molecule has 1 N–H and O–H groups in total. The van der Waals surface area contributed by atoms with Crippen LogP contribution in [-0.4, -0.2) is 17.7 Å². The highest BCUT2D eigenvalue weighted by Crippen LogP contribution is 2.19. The minimum absolute atomic E-state index is 0.200. The first-order chi connectivity index (χ1) is 10.6. The van der Waals surface area contributed by atoms with E-state index in [0.717, 1.165) is 5.39 Å². The zero-order chi connectivity index (χ0) is 15.5. The third-order valence-corrected chi connectivity index (χ3v) is 2.86. The molecule has 22 heavy (non-hydrogen) atoms. The van der Waals surface area contributed by atoms with Gasteiger partial charge in [-0.05, 0) is 25.1 Å². The van der Waals surface area contributed by atoms with Gasteiger partial charge in [0.15, 0.2) is 12.4 Å². The van der Waals surface area contributed by atoms with Gasteiger partial charge in [-0.2, -0.15) is 0 Å². The smallest absolute Gasteiger partial charge is 0.336 e. The van der Waals surface area contributed by atoms with Crippen LogP contribution in [-0.2, 0) is 4.79 Å². The second kappa shape index (κ2) is 5.72. The number of ether oxygens (including phenoxy) is 1. The Bertz CT molecular complexity index is 881. The Morgan fingerprint density at radius 3 is 2.86 bits per heavy atom. The zero-order valence-electron chi connectivity index (χ0n) is 11.7. The highest BCUT2D eigenvalue weighted by Gasteiger charge is 2.08. The van der Waals surface area contributed by atoms with Gasteiger partial charge in [0.1, 0.15) is 17.1 Å². The van der Waals surface area contributed by atoms with Crippen LogP contribution in [0.15, 0.2) is 50.1 Å². The Morgan fingerprint density at radius 1 is 1.27 bits per heavy atom. The minimum atomic E-state index is -0.441. The molecule has 0 aliphatic rings. The molecule has 0 bridgehead atoms. The van der Waals surface area contributed by atoms with Gasteiger partial charge in [0.05, 0.1) is 0 Å². The Morgan fingerprint density at radius 2 is 2.09 bits per heavy atom. The summed E-state index contributed by atoms with van der Waals surface area (Å²) in [7, 11) is 0. The van der Waals surface area contributed by atoms with Crippen LogP contribution in [0.5, 0.6) is 5.75 Å². The van der Waals surface area contributed by atoms with Crippen LogP contribution in [0.2, 0.25) is 0 Å². The third kappa shape index (κ3) is 3.14. The van der Waals surface area contributed by atoms with E-state index in [9.17, 15) is 9.59 Å². The monoisotopic (exact) mass is 300 g/mol. The number of aryl methyl sites for hydroxylation is 1. The number of amides is 1. The number of rotatable bonds is 4. The van der Waals surface area contributed by atoms with Crippen molar-refractivity contribution < 1.29 is 18.5 Å². The van der Waals surface area contributed by atoms with Gasteiger partial charge in [0, 0.05) is 23.6 Å². The van der Waals surface area contributed by atoms with Crippen molar-refractivity contribution in [3.8, 4) is 5.75 Å². The van der Waals surface area contributed by atoms with Gasteiger partial charge in [-0.1, -0.05) is 5.16 Å². The quantitative estimate of drug-likeness (QED) is 0.741. The molecule has 0 unspecified atom stereocenters. The van der Waals surface area contributed by atoms with Crippen molar-refractivity contribution in [3.63, 3.8) is 0 Å². The average molecular weight is 300 g/mol. The maximum Gasteiger partial charge on any atom is 0.336 e. The summed E-state index contributed by atoms with van der Waals surface area (Å²) in [4.78, 5) is 22.9. The number of aromatic nitrogens is 1. The van der Waals surface area contributed by atoms with E-state index in [1.807, 2.05) is 0 Å². The SMILES string of the molecule is Cc1cc(NC(=O)COc2ccc3ccc(=O)oc3c2)no1. The summed E-state index contributed by atoms with van der Waals surface area (Å²) in [5, 5.41) is 6.96. The fourth-order valence-electron chi connectivity index (χ4n) is 1.88. The molecule has 0 spiro atoms. The summed E-state index contributed by atoms with van der Waals surface area (Å²) < 4.78 is 15.3. The van der Waals surface area contributed by atoms with Crippen LogP contribution in [0.4, 0.5) is 5.82 Å². The van der Waals surface area contributed by atoms with Crippen molar-refractivity contribution in [2.75, 3.05) is 11.9 Å². The lowest BCUT2D eigenvalue weighted by Gasteiger charge is -2.06. The predicted molar refractivity (Wildman–Crippen MR) is 77.8 cm³/mol. The number of benzene rings is 1. The third-order valence-electron chi connectivity index (χ3n) is 2.86. The van der Waals surface area contributed by atoms with Crippen LogP contribution in [0, 0.1) is 6.92 Å². The van der Waals surface area contributed by atoms with Gasteiger partial charge >= 0.3 is 5.63 Å². The lowest BCUT2D eigenvalue weighted by atomic mass is 10.2. The molecule has 1 amide bonds. The van der Waals surface area contributed by atoms with E-state index in [-0.39, 0.29) is 12.5 Å². The number of hydrogen-bond acceptors (Lipinski definition) is 6. The first-order valence-electron chi connectivity index (χ1n) is 6.50. The van der Waals surface area contributed by atoms with Gasteiger partial charge in [0.25, 0.3) is 5.91 Å². The fourth-order valence-corrected chi connectivity index (χ4v) is 1.88. The molecule has 0 saturated carbocycles. The molecule has 1 aromatic carbocycles. The highest BCUT2D eigenvalue weighted by atomic mass is 16.5. The van der Waals surface area contributed by atoms with Crippen LogP contribution < -0.4 is 15.7 Å². The van der Waals surface area contributed by atoms with Crippen LogP contribution in [0.25, 0.3) is 11.0 Å². The minimum Gasteiger partial charge on any atom is -0.484 e. The maximum atomic E-state index is 11.7.